The first-order chi connectivity index (χ1) is 6.79. The number of rotatable bonds is 2. The van der Waals surface area contributed by atoms with Gasteiger partial charge >= 0.3 is 6.36 Å². The van der Waals surface area contributed by atoms with Crippen molar-refractivity contribution >= 4 is 22.7 Å². The standard InChI is InChI=1S/C7H4ClF3O3S/c8-5-3-4(15(12)13)1-2-6(5)14-7(9,10)11/h1-3H,(H,12,13). The third kappa shape index (κ3) is 3.69. The van der Waals surface area contributed by atoms with Crippen LogP contribution in [0.15, 0.2) is 23.1 Å². The van der Waals surface area contributed by atoms with Crippen LogP contribution in [0.3, 0.4) is 0 Å². The number of ether oxygens (including phenoxy) is 1. The Morgan fingerprint density at radius 1 is 1.40 bits per heavy atom. The van der Waals surface area contributed by atoms with Crippen molar-refractivity contribution in [1.82, 2.24) is 0 Å². The van der Waals surface area contributed by atoms with E-state index in [1.807, 2.05) is 0 Å². The molecule has 1 aromatic carbocycles. The highest BCUT2D eigenvalue weighted by atomic mass is 35.5. The van der Waals surface area contributed by atoms with E-state index in [1.54, 1.807) is 0 Å². The van der Waals surface area contributed by atoms with Crippen LogP contribution in [0.25, 0.3) is 0 Å². The molecule has 0 aliphatic heterocycles. The van der Waals surface area contributed by atoms with E-state index < -0.39 is 23.2 Å². The van der Waals surface area contributed by atoms with Crippen LogP contribution in [-0.4, -0.2) is 15.1 Å². The molecule has 84 valence electrons. The molecule has 8 heteroatoms. The maximum absolute atomic E-state index is 11.8. The zero-order valence-corrected chi connectivity index (χ0v) is 8.49. The van der Waals surface area contributed by atoms with Crippen LogP contribution in [-0.2, 0) is 11.1 Å². The Kier molecular flexibility index (Phi) is 3.58. The molecule has 0 saturated heterocycles. The van der Waals surface area contributed by atoms with Crippen molar-refractivity contribution in [2.45, 2.75) is 11.3 Å². The lowest BCUT2D eigenvalue weighted by Crippen LogP contribution is -2.17. The van der Waals surface area contributed by atoms with Crippen LogP contribution in [0, 0.1) is 0 Å². The van der Waals surface area contributed by atoms with Crippen LogP contribution in [0.5, 0.6) is 5.75 Å². The van der Waals surface area contributed by atoms with E-state index in [0.29, 0.717) is 0 Å². The summed E-state index contributed by atoms with van der Waals surface area (Å²) in [6.45, 7) is 0. The summed E-state index contributed by atoms with van der Waals surface area (Å²) in [5, 5.41) is -0.382. The molecule has 0 fully saturated rings. The lowest BCUT2D eigenvalue weighted by Gasteiger charge is -2.10. The lowest BCUT2D eigenvalue weighted by molar-refractivity contribution is -0.274. The van der Waals surface area contributed by atoms with Gasteiger partial charge in [0.2, 0.25) is 0 Å². The summed E-state index contributed by atoms with van der Waals surface area (Å²) in [7, 11) is 0. The number of alkyl halides is 3. The maximum atomic E-state index is 11.8. The molecule has 0 aromatic heterocycles. The second kappa shape index (κ2) is 4.38. The first-order valence-corrected chi connectivity index (χ1v) is 4.94. The summed E-state index contributed by atoms with van der Waals surface area (Å²) in [5.74, 6) is -0.613. The molecule has 1 atom stereocenters. The van der Waals surface area contributed by atoms with Crippen molar-refractivity contribution in [1.29, 1.82) is 0 Å². The van der Waals surface area contributed by atoms with Gasteiger partial charge in [-0.3, -0.25) is 0 Å². The smallest absolute Gasteiger partial charge is 0.404 e. The van der Waals surface area contributed by atoms with Crippen LogP contribution in [0.1, 0.15) is 0 Å². The molecule has 0 spiro atoms. The highest BCUT2D eigenvalue weighted by molar-refractivity contribution is 7.79. The van der Waals surface area contributed by atoms with Gasteiger partial charge in [0.25, 0.3) is 0 Å². The van der Waals surface area contributed by atoms with Gasteiger partial charge in [-0.2, -0.15) is 0 Å². The molecule has 15 heavy (non-hydrogen) atoms. The second-order valence-corrected chi connectivity index (χ2v) is 3.77. The van der Waals surface area contributed by atoms with Gasteiger partial charge in [0.05, 0.1) is 9.92 Å². The van der Waals surface area contributed by atoms with Crippen molar-refractivity contribution in [3.05, 3.63) is 23.2 Å². The molecule has 0 radical (unpaired) electrons. The Balaban J connectivity index is 2.99. The third-order valence-corrected chi connectivity index (χ3v) is 2.28. The number of hydrogen-bond acceptors (Lipinski definition) is 2. The number of halogens is 4. The lowest BCUT2D eigenvalue weighted by atomic mass is 10.3. The van der Waals surface area contributed by atoms with E-state index in [0.717, 1.165) is 18.2 Å². The van der Waals surface area contributed by atoms with Crippen LogP contribution in [0.2, 0.25) is 5.02 Å². The summed E-state index contributed by atoms with van der Waals surface area (Å²) in [5.41, 5.74) is 0. The average Bonchev–Trinajstić information content (AvgIpc) is 2.05. The molecular weight excluding hydrogens is 257 g/mol. The molecular formula is C7H4ClF3O3S. The van der Waals surface area contributed by atoms with Crippen LogP contribution >= 0.6 is 11.6 Å². The molecule has 0 aliphatic carbocycles. The van der Waals surface area contributed by atoms with Gasteiger partial charge in [0.1, 0.15) is 5.75 Å². The molecule has 0 amide bonds. The average molecular weight is 261 g/mol. The molecule has 3 nitrogen and oxygen atoms in total. The number of benzene rings is 1. The van der Waals surface area contributed by atoms with Crippen molar-refractivity contribution in [3.8, 4) is 5.75 Å². The monoisotopic (exact) mass is 260 g/mol. The molecule has 0 heterocycles. The Morgan fingerprint density at radius 3 is 2.40 bits per heavy atom. The second-order valence-electron chi connectivity index (χ2n) is 2.39. The fraction of sp³-hybridized carbons (Fsp3) is 0.143. The third-order valence-electron chi connectivity index (χ3n) is 1.33. The van der Waals surface area contributed by atoms with Gasteiger partial charge < -0.3 is 9.29 Å². The Labute approximate surface area is 90.1 Å². The summed E-state index contributed by atoms with van der Waals surface area (Å²) in [6, 6.07) is 2.82. The van der Waals surface area contributed by atoms with E-state index in [-0.39, 0.29) is 9.92 Å². The molecule has 1 rings (SSSR count). The molecule has 0 saturated carbocycles. The first kappa shape index (κ1) is 12.3. The largest absolute Gasteiger partial charge is 0.573 e. The van der Waals surface area contributed by atoms with Gasteiger partial charge in [0.15, 0.2) is 11.1 Å². The fourth-order valence-corrected chi connectivity index (χ4v) is 1.48. The van der Waals surface area contributed by atoms with Gasteiger partial charge in [-0.15, -0.1) is 13.2 Å². The van der Waals surface area contributed by atoms with Gasteiger partial charge in [-0.1, -0.05) is 11.6 Å². The minimum absolute atomic E-state index is 0.102. The fourth-order valence-electron chi connectivity index (χ4n) is 0.798. The zero-order chi connectivity index (χ0) is 11.6. The highest BCUT2D eigenvalue weighted by Gasteiger charge is 2.32. The normalized spacial score (nSPS) is 13.7. The van der Waals surface area contributed by atoms with E-state index in [4.69, 9.17) is 16.2 Å². The van der Waals surface area contributed by atoms with E-state index >= 15 is 0 Å². The molecule has 0 aliphatic rings. The predicted molar refractivity (Wildman–Crippen MR) is 47.2 cm³/mol. The predicted octanol–water partition coefficient (Wildman–Crippen LogP) is 2.82. The number of hydrogen-bond donors (Lipinski definition) is 1. The minimum Gasteiger partial charge on any atom is -0.404 e. The van der Waals surface area contributed by atoms with E-state index in [2.05, 4.69) is 4.74 Å². The van der Waals surface area contributed by atoms with Crippen LogP contribution < -0.4 is 4.74 Å². The van der Waals surface area contributed by atoms with E-state index in [9.17, 15) is 17.4 Å². The SMILES string of the molecule is O=S(O)c1ccc(OC(F)(F)F)c(Cl)c1. The maximum Gasteiger partial charge on any atom is 0.573 e. The zero-order valence-electron chi connectivity index (χ0n) is 6.92. The summed E-state index contributed by atoms with van der Waals surface area (Å²) in [4.78, 5) is -0.102. The van der Waals surface area contributed by atoms with Crippen molar-refractivity contribution < 1.29 is 26.7 Å². The molecule has 1 N–H and O–H groups in total. The van der Waals surface area contributed by atoms with E-state index in [1.165, 1.54) is 0 Å². The molecule has 1 aromatic rings. The topological polar surface area (TPSA) is 46.5 Å². The van der Waals surface area contributed by atoms with Crippen molar-refractivity contribution in [3.63, 3.8) is 0 Å². The van der Waals surface area contributed by atoms with Crippen molar-refractivity contribution in [2.24, 2.45) is 0 Å². The molecule has 1 unspecified atom stereocenters. The Morgan fingerprint density at radius 2 is 2.00 bits per heavy atom. The van der Waals surface area contributed by atoms with Crippen molar-refractivity contribution in [2.75, 3.05) is 0 Å². The molecule has 0 bridgehead atoms. The van der Waals surface area contributed by atoms with Gasteiger partial charge in [-0.05, 0) is 18.2 Å². The summed E-state index contributed by atoms with van der Waals surface area (Å²) in [6.07, 6.45) is -4.84. The van der Waals surface area contributed by atoms with Crippen LogP contribution in [0.4, 0.5) is 13.2 Å². The van der Waals surface area contributed by atoms with Gasteiger partial charge in [0, 0.05) is 0 Å². The Bertz CT molecular complexity index is 394. The minimum atomic E-state index is -4.84. The van der Waals surface area contributed by atoms with Gasteiger partial charge in [-0.25, -0.2) is 4.21 Å². The quantitative estimate of drug-likeness (QED) is 0.832. The highest BCUT2D eigenvalue weighted by Crippen LogP contribution is 2.31. The Hall–Kier alpha value is -0.790. The summed E-state index contributed by atoms with van der Waals surface area (Å²) < 4.78 is 58.1. The summed E-state index contributed by atoms with van der Waals surface area (Å²) >= 11 is 3.12. The first-order valence-electron chi connectivity index (χ1n) is 3.46.